The van der Waals surface area contributed by atoms with E-state index in [2.05, 4.69) is 0 Å². The van der Waals surface area contributed by atoms with Crippen molar-refractivity contribution in [2.75, 3.05) is 6.26 Å². The molecule has 21 heavy (non-hydrogen) atoms. The molecule has 3 nitrogen and oxygen atoms in total. The molecular weight excluding hydrogens is 282 g/mol. The van der Waals surface area contributed by atoms with E-state index >= 15 is 0 Å². The summed E-state index contributed by atoms with van der Waals surface area (Å²) in [6.45, 7) is 1.85. The van der Waals surface area contributed by atoms with Crippen molar-refractivity contribution in [2.24, 2.45) is 5.73 Å². The summed E-state index contributed by atoms with van der Waals surface area (Å²) in [4.78, 5) is 0. The molecule has 0 heterocycles. The fourth-order valence-electron chi connectivity index (χ4n) is 2.57. The maximum Gasteiger partial charge on any atom is 0.152 e. The standard InChI is InChI=1S/C17H21NO2S/c1-3-16(21(2,19)20)17(18)15-11-9-14(10-12-15)13-7-5-4-6-8-13/h4-12,16-17H,3,18H2,1-2H3/t16-,17+/m0/s1. The Morgan fingerprint density at radius 2 is 1.48 bits per heavy atom. The average molecular weight is 303 g/mol. The van der Waals surface area contributed by atoms with Gasteiger partial charge < -0.3 is 5.73 Å². The van der Waals surface area contributed by atoms with Crippen LogP contribution in [0.5, 0.6) is 0 Å². The van der Waals surface area contributed by atoms with E-state index in [-0.39, 0.29) is 0 Å². The highest BCUT2D eigenvalue weighted by Crippen LogP contribution is 2.25. The van der Waals surface area contributed by atoms with E-state index in [1.807, 2.05) is 61.5 Å². The van der Waals surface area contributed by atoms with E-state index in [4.69, 9.17) is 5.73 Å². The van der Waals surface area contributed by atoms with Gasteiger partial charge in [0.1, 0.15) is 0 Å². The first-order valence-electron chi connectivity index (χ1n) is 7.03. The molecule has 2 N–H and O–H groups in total. The van der Waals surface area contributed by atoms with Crippen molar-refractivity contribution < 1.29 is 8.42 Å². The van der Waals surface area contributed by atoms with Gasteiger partial charge in [0.25, 0.3) is 0 Å². The Morgan fingerprint density at radius 1 is 0.952 bits per heavy atom. The van der Waals surface area contributed by atoms with Crippen LogP contribution in [0.4, 0.5) is 0 Å². The number of nitrogens with two attached hydrogens (primary N) is 1. The zero-order valence-corrected chi connectivity index (χ0v) is 13.2. The van der Waals surface area contributed by atoms with Gasteiger partial charge in [-0.1, -0.05) is 61.5 Å². The van der Waals surface area contributed by atoms with Crippen LogP contribution in [0.25, 0.3) is 11.1 Å². The fourth-order valence-corrected chi connectivity index (χ4v) is 3.86. The second-order valence-corrected chi connectivity index (χ2v) is 7.55. The van der Waals surface area contributed by atoms with E-state index in [1.54, 1.807) is 0 Å². The highest BCUT2D eigenvalue weighted by molar-refractivity contribution is 7.91. The van der Waals surface area contributed by atoms with Gasteiger partial charge in [0.15, 0.2) is 9.84 Å². The number of sulfone groups is 1. The maximum absolute atomic E-state index is 11.8. The Labute approximate surface area is 126 Å². The van der Waals surface area contributed by atoms with Crippen LogP contribution in [-0.2, 0) is 9.84 Å². The summed E-state index contributed by atoms with van der Waals surface area (Å²) >= 11 is 0. The second kappa shape index (κ2) is 6.41. The quantitative estimate of drug-likeness (QED) is 0.923. The highest BCUT2D eigenvalue weighted by Gasteiger charge is 2.26. The largest absolute Gasteiger partial charge is 0.323 e. The Bertz CT molecular complexity index is 678. The van der Waals surface area contributed by atoms with Crippen molar-refractivity contribution in [3.05, 3.63) is 60.2 Å². The van der Waals surface area contributed by atoms with E-state index < -0.39 is 21.1 Å². The maximum atomic E-state index is 11.8. The van der Waals surface area contributed by atoms with Crippen LogP contribution in [0.3, 0.4) is 0 Å². The van der Waals surface area contributed by atoms with Crippen molar-refractivity contribution in [1.29, 1.82) is 0 Å². The summed E-state index contributed by atoms with van der Waals surface area (Å²) in [7, 11) is -3.15. The first kappa shape index (κ1) is 15.7. The summed E-state index contributed by atoms with van der Waals surface area (Å²) in [5.41, 5.74) is 9.23. The minimum atomic E-state index is -3.15. The molecule has 0 spiro atoms. The molecule has 0 amide bonds. The molecule has 0 fully saturated rings. The van der Waals surface area contributed by atoms with Gasteiger partial charge in [0.05, 0.1) is 5.25 Å². The average Bonchev–Trinajstić information content (AvgIpc) is 2.47. The highest BCUT2D eigenvalue weighted by atomic mass is 32.2. The normalized spacial score (nSPS) is 14.6. The molecule has 2 rings (SSSR count). The van der Waals surface area contributed by atoms with Gasteiger partial charge in [0.2, 0.25) is 0 Å². The molecule has 0 aliphatic rings. The van der Waals surface area contributed by atoms with Gasteiger partial charge in [-0.3, -0.25) is 0 Å². The molecule has 2 aromatic carbocycles. The van der Waals surface area contributed by atoms with Crippen LogP contribution in [-0.4, -0.2) is 19.9 Å². The van der Waals surface area contributed by atoms with E-state index in [0.29, 0.717) is 6.42 Å². The molecule has 4 heteroatoms. The summed E-state index contributed by atoms with van der Waals surface area (Å²) in [6.07, 6.45) is 1.76. The lowest BCUT2D eigenvalue weighted by atomic mass is 9.99. The van der Waals surface area contributed by atoms with Crippen molar-refractivity contribution >= 4 is 9.84 Å². The van der Waals surface area contributed by atoms with Gasteiger partial charge in [0, 0.05) is 12.3 Å². The van der Waals surface area contributed by atoms with Crippen LogP contribution in [0, 0.1) is 0 Å². The molecule has 0 unspecified atom stereocenters. The molecule has 0 aliphatic carbocycles. The SMILES string of the molecule is CC[C@@H]([C@H](N)c1ccc(-c2ccccc2)cc1)S(C)(=O)=O. The Kier molecular flexibility index (Phi) is 4.80. The van der Waals surface area contributed by atoms with Crippen molar-refractivity contribution in [3.8, 4) is 11.1 Å². The number of benzene rings is 2. The van der Waals surface area contributed by atoms with Crippen LogP contribution in [0.1, 0.15) is 24.9 Å². The minimum absolute atomic E-state index is 0.491. The third-order valence-corrected chi connectivity index (χ3v) is 5.48. The zero-order chi connectivity index (χ0) is 15.5. The lowest BCUT2D eigenvalue weighted by Gasteiger charge is -2.21. The molecule has 0 saturated carbocycles. The van der Waals surface area contributed by atoms with Crippen LogP contribution in [0.2, 0.25) is 0 Å². The van der Waals surface area contributed by atoms with Gasteiger partial charge in [-0.2, -0.15) is 0 Å². The van der Waals surface area contributed by atoms with Gasteiger partial charge in [-0.05, 0) is 23.1 Å². The van der Waals surface area contributed by atoms with Crippen molar-refractivity contribution in [1.82, 2.24) is 0 Å². The first-order chi connectivity index (χ1) is 9.93. The fraction of sp³-hybridized carbons (Fsp3) is 0.294. The smallest absolute Gasteiger partial charge is 0.152 e. The summed E-state index contributed by atoms with van der Waals surface area (Å²) < 4.78 is 23.6. The van der Waals surface area contributed by atoms with Gasteiger partial charge in [-0.15, -0.1) is 0 Å². The molecule has 0 radical (unpaired) electrons. The summed E-state index contributed by atoms with van der Waals surface area (Å²) in [5, 5.41) is -0.542. The molecule has 0 aromatic heterocycles. The third-order valence-electron chi connectivity index (χ3n) is 3.76. The second-order valence-electron chi connectivity index (χ2n) is 5.29. The molecule has 0 aliphatic heterocycles. The van der Waals surface area contributed by atoms with Gasteiger partial charge >= 0.3 is 0 Å². The lowest BCUT2D eigenvalue weighted by Crippen LogP contribution is -2.32. The summed E-state index contributed by atoms with van der Waals surface area (Å²) in [6, 6.07) is 17.4. The zero-order valence-electron chi connectivity index (χ0n) is 12.4. The molecule has 112 valence electrons. The number of hydrogen-bond acceptors (Lipinski definition) is 3. The van der Waals surface area contributed by atoms with Crippen molar-refractivity contribution in [2.45, 2.75) is 24.6 Å². The Hall–Kier alpha value is -1.65. The molecular formula is C17H21NO2S. The predicted molar refractivity (Wildman–Crippen MR) is 87.7 cm³/mol. The first-order valence-corrected chi connectivity index (χ1v) is 8.98. The minimum Gasteiger partial charge on any atom is -0.323 e. The topological polar surface area (TPSA) is 60.2 Å². The summed E-state index contributed by atoms with van der Waals surface area (Å²) in [5.74, 6) is 0. The number of rotatable bonds is 5. The van der Waals surface area contributed by atoms with Crippen LogP contribution >= 0.6 is 0 Å². The molecule has 2 atom stereocenters. The molecule has 0 saturated heterocycles. The van der Waals surface area contributed by atoms with Gasteiger partial charge in [-0.25, -0.2) is 8.42 Å². The predicted octanol–water partition coefficient (Wildman–Crippen LogP) is 3.18. The number of hydrogen-bond donors (Lipinski definition) is 1. The van der Waals surface area contributed by atoms with E-state index in [9.17, 15) is 8.42 Å². The van der Waals surface area contributed by atoms with Crippen molar-refractivity contribution in [3.63, 3.8) is 0 Å². The van der Waals surface area contributed by atoms with E-state index in [1.165, 1.54) is 6.26 Å². The molecule has 2 aromatic rings. The Morgan fingerprint density at radius 3 is 1.95 bits per heavy atom. The lowest BCUT2D eigenvalue weighted by molar-refractivity contribution is 0.553. The Balaban J connectivity index is 2.27. The van der Waals surface area contributed by atoms with E-state index in [0.717, 1.165) is 16.7 Å². The third kappa shape index (κ3) is 3.71. The monoisotopic (exact) mass is 303 g/mol. The molecule has 0 bridgehead atoms. The van der Waals surface area contributed by atoms with Crippen LogP contribution < -0.4 is 5.73 Å². The van der Waals surface area contributed by atoms with Crippen LogP contribution in [0.15, 0.2) is 54.6 Å².